The first kappa shape index (κ1) is 15.7. The third-order valence-electron chi connectivity index (χ3n) is 3.43. The zero-order chi connectivity index (χ0) is 15.4. The Labute approximate surface area is 132 Å². The van der Waals surface area contributed by atoms with Gasteiger partial charge in [0.2, 0.25) is 0 Å². The molecule has 2 rings (SSSR count). The first-order valence-corrected chi connectivity index (χ1v) is 7.66. The van der Waals surface area contributed by atoms with Crippen LogP contribution in [0.4, 0.5) is 4.39 Å². The van der Waals surface area contributed by atoms with Crippen LogP contribution in [0.15, 0.2) is 46.9 Å². The number of halogens is 2. The molecule has 0 aliphatic carbocycles. The number of carbonyl (C=O) groups is 1. The summed E-state index contributed by atoms with van der Waals surface area (Å²) in [6.45, 7) is 3.98. The zero-order valence-corrected chi connectivity index (χ0v) is 13.6. The highest BCUT2D eigenvalue weighted by molar-refractivity contribution is 9.10. The van der Waals surface area contributed by atoms with Gasteiger partial charge in [0.1, 0.15) is 5.82 Å². The van der Waals surface area contributed by atoms with Crippen molar-refractivity contribution < 1.29 is 9.18 Å². The molecule has 1 atom stereocenters. The predicted octanol–water partition coefficient (Wildman–Crippen LogP) is 4.64. The minimum Gasteiger partial charge on any atom is -0.345 e. The molecule has 2 aromatic rings. The largest absolute Gasteiger partial charge is 0.345 e. The van der Waals surface area contributed by atoms with Crippen molar-refractivity contribution in [3.05, 3.63) is 69.4 Å². The Hall–Kier alpha value is -1.68. The Balaban J connectivity index is 2.15. The van der Waals surface area contributed by atoms with E-state index in [-0.39, 0.29) is 11.6 Å². The van der Waals surface area contributed by atoms with Crippen LogP contribution >= 0.6 is 15.9 Å². The van der Waals surface area contributed by atoms with E-state index in [9.17, 15) is 9.18 Å². The molecular formula is C17H17BrFNO. The number of rotatable bonds is 4. The normalized spacial score (nSPS) is 12.0. The number of nitrogens with one attached hydrogen (secondary N) is 1. The van der Waals surface area contributed by atoms with Gasteiger partial charge in [0.05, 0.1) is 11.6 Å². The molecule has 0 radical (unpaired) electrons. The first-order chi connectivity index (χ1) is 10.0. The van der Waals surface area contributed by atoms with Gasteiger partial charge in [0.25, 0.3) is 5.91 Å². The fraction of sp³-hybridized carbons (Fsp3) is 0.235. The highest BCUT2D eigenvalue weighted by atomic mass is 79.9. The second kappa shape index (κ2) is 6.85. The Morgan fingerprint density at radius 3 is 2.48 bits per heavy atom. The second-order valence-electron chi connectivity index (χ2n) is 4.89. The number of carbonyl (C=O) groups excluding carboxylic acids is 1. The molecule has 21 heavy (non-hydrogen) atoms. The van der Waals surface area contributed by atoms with E-state index in [4.69, 9.17) is 0 Å². The molecule has 1 unspecified atom stereocenters. The van der Waals surface area contributed by atoms with Crippen LogP contribution in [0.2, 0.25) is 0 Å². The number of hydrogen-bond acceptors (Lipinski definition) is 1. The lowest BCUT2D eigenvalue weighted by Gasteiger charge is -2.15. The van der Waals surface area contributed by atoms with E-state index in [1.807, 2.05) is 31.2 Å². The lowest BCUT2D eigenvalue weighted by molar-refractivity contribution is 0.0935. The van der Waals surface area contributed by atoms with E-state index in [0.717, 1.165) is 12.0 Å². The van der Waals surface area contributed by atoms with Gasteiger partial charge in [0, 0.05) is 4.47 Å². The van der Waals surface area contributed by atoms with Crippen molar-refractivity contribution in [1.82, 2.24) is 5.32 Å². The summed E-state index contributed by atoms with van der Waals surface area (Å²) in [4.78, 5) is 12.2. The fourth-order valence-electron chi connectivity index (χ4n) is 2.11. The Kier molecular flexibility index (Phi) is 5.12. The maximum absolute atomic E-state index is 13.8. The van der Waals surface area contributed by atoms with E-state index in [1.54, 1.807) is 12.1 Å². The Morgan fingerprint density at radius 1 is 1.24 bits per heavy atom. The maximum Gasteiger partial charge on any atom is 0.255 e. The maximum atomic E-state index is 13.8. The van der Waals surface area contributed by atoms with Crippen molar-refractivity contribution in [3.8, 4) is 0 Å². The van der Waals surface area contributed by atoms with Gasteiger partial charge >= 0.3 is 0 Å². The number of aryl methyl sites for hydroxylation is 1. The molecule has 0 aliphatic rings. The van der Waals surface area contributed by atoms with Crippen LogP contribution in [0.25, 0.3) is 0 Å². The number of amides is 1. The topological polar surface area (TPSA) is 29.1 Å². The zero-order valence-electron chi connectivity index (χ0n) is 12.0. The van der Waals surface area contributed by atoms with Gasteiger partial charge in [-0.1, -0.05) is 37.3 Å². The molecule has 2 nitrogen and oxygen atoms in total. The van der Waals surface area contributed by atoms with Crippen LogP contribution in [-0.4, -0.2) is 5.91 Å². The summed E-state index contributed by atoms with van der Waals surface area (Å²) in [5, 5.41) is 2.82. The summed E-state index contributed by atoms with van der Waals surface area (Å²) < 4.78 is 14.2. The standard InChI is InChI=1S/C17H17BrFNO/c1-3-12-7-9-13(10-8-12)11(2)20-17(21)16-14(18)5-4-6-15(16)19/h4-11H,3H2,1-2H3,(H,20,21). The summed E-state index contributed by atoms with van der Waals surface area (Å²) in [6, 6.07) is 12.4. The van der Waals surface area contributed by atoms with Crippen molar-refractivity contribution >= 4 is 21.8 Å². The van der Waals surface area contributed by atoms with Crippen molar-refractivity contribution in [2.24, 2.45) is 0 Å². The molecule has 1 N–H and O–H groups in total. The molecule has 4 heteroatoms. The van der Waals surface area contributed by atoms with E-state index in [1.165, 1.54) is 11.6 Å². The van der Waals surface area contributed by atoms with E-state index in [0.29, 0.717) is 4.47 Å². The summed E-state index contributed by atoms with van der Waals surface area (Å²) >= 11 is 3.21. The van der Waals surface area contributed by atoms with E-state index in [2.05, 4.69) is 28.2 Å². The molecule has 0 spiro atoms. The van der Waals surface area contributed by atoms with Crippen molar-refractivity contribution in [2.45, 2.75) is 26.3 Å². The molecule has 0 heterocycles. The second-order valence-corrected chi connectivity index (χ2v) is 5.74. The average molecular weight is 350 g/mol. The van der Waals surface area contributed by atoms with Gasteiger partial charge < -0.3 is 5.32 Å². The van der Waals surface area contributed by atoms with Crippen LogP contribution in [0.5, 0.6) is 0 Å². The van der Waals surface area contributed by atoms with E-state index < -0.39 is 11.7 Å². The predicted molar refractivity (Wildman–Crippen MR) is 85.8 cm³/mol. The molecule has 0 aliphatic heterocycles. The van der Waals surface area contributed by atoms with Crippen LogP contribution in [0.1, 0.15) is 41.4 Å². The van der Waals surface area contributed by atoms with Crippen LogP contribution in [0.3, 0.4) is 0 Å². The minimum absolute atomic E-state index is 0.0366. The molecule has 0 saturated heterocycles. The molecule has 0 aromatic heterocycles. The smallest absolute Gasteiger partial charge is 0.255 e. The van der Waals surface area contributed by atoms with Gasteiger partial charge in [-0.3, -0.25) is 4.79 Å². The quantitative estimate of drug-likeness (QED) is 0.855. The molecule has 0 bridgehead atoms. The van der Waals surface area contributed by atoms with Crippen LogP contribution < -0.4 is 5.32 Å². The Bertz CT molecular complexity index is 619. The lowest BCUT2D eigenvalue weighted by atomic mass is 10.0. The monoisotopic (exact) mass is 349 g/mol. The molecule has 1 amide bonds. The van der Waals surface area contributed by atoms with Crippen LogP contribution in [0, 0.1) is 5.82 Å². The molecule has 0 fully saturated rings. The molecule has 110 valence electrons. The summed E-state index contributed by atoms with van der Waals surface area (Å²) in [5.74, 6) is -0.956. The van der Waals surface area contributed by atoms with E-state index >= 15 is 0 Å². The highest BCUT2D eigenvalue weighted by Crippen LogP contribution is 2.21. The van der Waals surface area contributed by atoms with Crippen LogP contribution in [-0.2, 0) is 6.42 Å². The third-order valence-corrected chi connectivity index (χ3v) is 4.09. The van der Waals surface area contributed by atoms with Crippen molar-refractivity contribution in [3.63, 3.8) is 0 Å². The first-order valence-electron chi connectivity index (χ1n) is 6.86. The molecule has 0 saturated carbocycles. The number of benzene rings is 2. The number of hydrogen-bond donors (Lipinski definition) is 1. The van der Waals surface area contributed by atoms with Gasteiger partial charge in [0.15, 0.2) is 0 Å². The van der Waals surface area contributed by atoms with Gasteiger partial charge in [-0.15, -0.1) is 0 Å². The summed E-state index contributed by atoms with van der Waals surface area (Å²) in [5.41, 5.74) is 2.27. The average Bonchev–Trinajstić information content (AvgIpc) is 2.47. The summed E-state index contributed by atoms with van der Waals surface area (Å²) in [6.07, 6.45) is 0.975. The summed E-state index contributed by atoms with van der Waals surface area (Å²) in [7, 11) is 0. The highest BCUT2D eigenvalue weighted by Gasteiger charge is 2.17. The van der Waals surface area contributed by atoms with Crippen molar-refractivity contribution in [1.29, 1.82) is 0 Å². The van der Waals surface area contributed by atoms with Gasteiger partial charge in [-0.05, 0) is 52.5 Å². The third kappa shape index (κ3) is 3.70. The lowest BCUT2D eigenvalue weighted by Crippen LogP contribution is -2.27. The minimum atomic E-state index is -0.532. The SMILES string of the molecule is CCc1ccc(C(C)NC(=O)c2c(F)cccc2Br)cc1. The van der Waals surface area contributed by atoms with Gasteiger partial charge in [-0.2, -0.15) is 0 Å². The molecule has 2 aromatic carbocycles. The fourth-order valence-corrected chi connectivity index (χ4v) is 2.63. The molecular weight excluding hydrogens is 333 g/mol. The van der Waals surface area contributed by atoms with Gasteiger partial charge in [-0.25, -0.2) is 4.39 Å². The van der Waals surface area contributed by atoms with Crippen molar-refractivity contribution in [2.75, 3.05) is 0 Å². The Morgan fingerprint density at radius 2 is 1.90 bits per heavy atom.